The molecule has 190 valence electrons. The van der Waals surface area contributed by atoms with E-state index in [0.29, 0.717) is 47.7 Å². The van der Waals surface area contributed by atoms with Crippen LogP contribution in [0.3, 0.4) is 0 Å². The van der Waals surface area contributed by atoms with Crippen LogP contribution in [0.2, 0.25) is 0 Å². The molecule has 2 aromatic heterocycles. The fourth-order valence-corrected chi connectivity index (χ4v) is 4.84. The van der Waals surface area contributed by atoms with Gasteiger partial charge in [-0.05, 0) is 49.9 Å². The Labute approximate surface area is 207 Å². The first-order valence-corrected chi connectivity index (χ1v) is 12.0. The highest BCUT2D eigenvalue weighted by Crippen LogP contribution is 2.35. The van der Waals surface area contributed by atoms with E-state index in [0.717, 1.165) is 5.69 Å². The molecule has 3 heterocycles. The second kappa shape index (κ2) is 9.82. The first-order chi connectivity index (χ1) is 17.3. The van der Waals surface area contributed by atoms with Crippen LogP contribution >= 0.6 is 0 Å². The molecule has 10 nitrogen and oxygen atoms in total. The molecule has 2 aliphatic rings. The number of nitrogens with zero attached hydrogens (tertiary/aromatic N) is 3. The van der Waals surface area contributed by atoms with Gasteiger partial charge in [0.2, 0.25) is 0 Å². The highest BCUT2D eigenvalue weighted by Gasteiger charge is 2.41. The van der Waals surface area contributed by atoms with Gasteiger partial charge in [-0.2, -0.15) is 0 Å². The molecule has 3 aromatic rings. The minimum Gasteiger partial charge on any atom is -0.497 e. The second-order valence-electron chi connectivity index (χ2n) is 9.34. The summed E-state index contributed by atoms with van der Waals surface area (Å²) in [5, 5.41) is 6.13. The van der Waals surface area contributed by atoms with Gasteiger partial charge in [0.15, 0.2) is 18.2 Å². The van der Waals surface area contributed by atoms with Crippen LogP contribution < -0.4 is 31.4 Å². The number of ether oxygens (including phenoxy) is 2. The van der Waals surface area contributed by atoms with E-state index in [2.05, 4.69) is 20.6 Å². The number of halogens is 1. The van der Waals surface area contributed by atoms with Crippen molar-refractivity contribution in [2.45, 2.75) is 56.5 Å². The van der Waals surface area contributed by atoms with Gasteiger partial charge in [0.1, 0.15) is 11.4 Å². The van der Waals surface area contributed by atoms with E-state index < -0.39 is 11.7 Å². The SMILES string of the molecule is COc1ccc2ncc(=O)n(CC(N)C3(F)CCC(NCc4ccc5c(n4)NC(=O)CO5)CC3)c2c1. The minimum atomic E-state index is -1.59. The van der Waals surface area contributed by atoms with E-state index >= 15 is 4.39 Å². The number of hydrogen-bond acceptors (Lipinski definition) is 8. The van der Waals surface area contributed by atoms with Crippen LogP contribution in [0.4, 0.5) is 10.2 Å². The Bertz CT molecular complexity index is 1340. The first kappa shape index (κ1) is 24.1. The second-order valence-corrected chi connectivity index (χ2v) is 9.34. The number of benzene rings is 1. The fraction of sp³-hybridized carbons (Fsp3) is 0.440. The number of methoxy groups -OCH3 is 1. The zero-order valence-electron chi connectivity index (χ0n) is 20.0. The van der Waals surface area contributed by atoms with Gasteiger partial charge in [-0.3, -0.25) is 9.59 Å². The van der Waals surface area contributed by atoms with Crippen LogP contribution in [0.25, 0.3) is 11.0 Å². The van der Waals surface area contributed by atoms with E-state index in [-0.39, 0.29) is 43.5 Å². The molecule has 0 bridgehead atoms. The molecule has 4 N–H and O–H groups in total. The molecule has 1 aliphatic heterocycles. The number of aromatic nitrogens is 3. The third-order valence-corrected chi connectivity index (χ3v) is 7.02. The van der Waals surface area contributed by atoms with Gasteiger partial charge in [-0.15, -0.1) is 0 Å². The number of carbonyl (C=O) groups excluding carboxylic acids is 1. The summed E-state index contributed by atoms with van der Waals surface area (Å²) in [4.78, 5) is 32.7. The van der Waals surface area contributed by atoms with Gasteiger partial charge < -0.3 is 30.4 Å². The van der Waals surface area contributed by atoms with Crippen molar-refractivity contribution in [2.24, 2.45) is 5.73 Å². The van der Waals surface area contributed by atoms with Crippen LogP contribution in [0, 0.1) is 0 Å². The minimum absolute atomic E-state index is 0.0122. The first-order valence-electron chi connectivity index (χ1n) is 12.0. The number of nitrogens with one attached hydrogen (secondary N) is 2. The number of nitrogens with two attached hydrogens (primary N) is 1. The predicted molar refractivity (Wildman–Crippen MR) is 132 cm³/mol. The fourth-order valence-electron chi connectivity index (χ4n) is 4.84. The molecule has 1 atom stereocenters. The zero-order valence-corrected chi connectivity index (χ0v) is 20.0. The molecule has 1 amide bonds. The summed E-state index contributed by atoms with van der Waals surface area (Å²) in [5.41, 5.74) is 6.39. The lowest BCUT2D eigenvalue weighted by atomic mass is 9.79. The van der Waals surface area contributed by atoms with Gasteiger partial charge in [-0.25, -0.2) is 14.4 Å². The van der Waals surface area contributed by atoms with Crippen LogP contribution in [0.1, 0.15) is 31.4 Å². The molecule has 1 unspecified atom stereocenters. The Kier molecular flexibility index (Phi) is 6.59. The molecule has 1 saturated carbocycles. The number of pyridine rings is 1. The monoisotopic (exact) mass is 496 g/mol. The van der Waals surface area contributed by atoms with Crippen molar-refractivity contribution < 1.29 is 18.7 Å². The lowest BCUT2D eigenvalue weighted by Gasteiger charge is -2.38. The predicted octanol–water partition coefficient (Wildman–Crippen LogP) is 1.90. The highest BCUT2D eigenvalue weighted by molar-refractivity contribution is 5.94. The van der Waals surface area contributed by atoms with E-state index in [9.17, 15) is 9.59 Å². The summed E-state index contributed by atoms with van der Waals surface area (Å²) >= 11 is 0. The van der Waals surface area contributed by atoms with Crippen molar-refractivity contribution in [1.82, 2.24) is 19.9 Å². The number of amides is 1. The van der Waals surface area contributed by atoms with Crippen molar-refractivity contribution in [3.8, 4) is 11.5 Å². The molecule has 0 saturated heterocycles. The smallest absolute Gasteiger partial charge is 0.269 e. The summed E-state index contributed by atoms with van der Waals surface area (Å²) in [7, 11) is 1.54. The molecule has 0 radical (unpaired) electrons. The zero-order chi connectivity index (χ0) is 25.3. The molecule has 1 fully saturated rings. The molecule has 1 aliphatic carbocycles. The third kappa shape index (κ3) is 4.89. The average molecular weight is 497 g/mol. The van der Waals surface area contributed by atoms with Gasteiger partial charge in [0.05, 0.1) is 36.1 Å². The summed E-state index contributed by atoms with van der Waals surface area (Å²) in [6.07, 6.45) is 3.02. The normalized spacial score (nSPS) is 22.4. The summed E-state index contributed by atoms with van der Waals surface area (Å²) < 4.78 is 28.0. The Morgan fingerprint density at radius 1 is 1.31 bits per heavy atom. The maximum absolute atomic E-state index is 15.9. The summed E-state index contributed by atoms with van der Waals surface area (Å²) in [5.74, 6) is 1.32. The number of alkyl halides is 1. The molecule has 5 rings (SSSR count). The number of rotatable bonds is 7. The van der Waals surface area contributed by atoms with E-state index in [1.54, 1.807) is 31.4 Å². The van der Waals surface area contributed by atoms with Gasteiger partial charge >= 0.3 is 0 Å². The van der Waals surface area contributed by atoms with Crippen LogP contribution in [-0.4, -0.2) is 51.9 Å². The Hall–Kier alpha value is -3.57. The molecule has 36 heavy (non-hydrogen) atoms. The molecular weight excluding hydrogens is 467 g/mol. The highest BCUT2D eigenvalue weighted by atomic mass is 19.1. The van der Waals surface area contributed by atoms with Crippen LogP contribution in [0.5, 0.6) is 11.5 Å². The molecule has 0 spiro atoms. The molecular formula is C25H29FN6O4. The molecule has 1 aromatic carbocycles. The maximum Gasteiger partial charge on any atom is 0.269 e. The van der Waals surface area contributed by atoms with E-state index in [1.165, 1.54) is 10.8 Å². The number of hydrogen-bond donors (Lipinski definition) is 3. The number of anilines is 1. The lowest BCUT2D eigenvalue weighted by Crippen LogP contribution is -2.52. The van der Waals surface area contributed by atoms with Crippen LogP contribution in [0.15, 0.2) is 41.3 Å². The summed E-state index contributed by atoms with van der Waals surface area (Å²) in [6.45, 7) is 0.521. The Morgan fingerprint density at radius 3 is 2.89 bits per heavy atom. The summed E-state index contributed by atoms with van der Waals surface area (Å²) in [6, 6.07) is 8.12. The van der Waals surface area contributed by atoms with Gasteiger partial charge in [0, 0.05) is 25.2 Å². The maximum atomic E-state index is 15.9. The third-order valence-electron chi connectivity index (χ3n) is 7.02. The standard InChI is InChI=1S/C25H29FN6O4/c1-35-17-3-4-18-19(10-17)32(23(34)12-29-18)13-21(27)25(26)8-6-15(7-9-25)28-11-16-2-5-20-24(30-16)31-22(33)14-36-20/h2-5,10,12,15,21,28H,6-9,11,13-14,27H2,1H3,(H,30,31,33). The lowest BCUT2D eigenvalue weighted by molar-refractivity contribution is -0.118. The van der Waals surface area contributed by atoms with Crippen LogP contribution in [-0.2, 0) is 17.9 Å². The van der Waals surface area contributed by atoms with Crippen molar-refractivity contribution >= 4 is 22.8 Å². The topological polar surface area (TPSA) is 133 Å². The molecule has 11 heteroatoms. The Morgan fingerprint density at radius 2 is 2.11 bits per heavy atom. The number of fused-ring (bicyclic) bond motifs is 2. The van der Waals surface area contributed by atoms with Crippen molar-refractivity contribution in [3.05, 3.63) is 52.6 Å². The van der Waals surface area contributed by atoms with E-state index in [1.807, 2.05) is 6.07 Å². The van der Waals surface area contributed by atoms with E-state index in [4.69, 9.17) is 15.2 Å². The number of carbonyl (C=O) groups is 1. The average Bonchev–Trinajstić information content (AvgIpc) is 2.89. The Balaban J connectivity index is 1.20. The quantitative estimate of drug-likeness (QED) is 0.452. The largest absolute Gasteiger partial charge is 0.497 e. The van der Waals surface area contributed by atoms with Gasteiger partial charge in [0.25, 0.3) is 11.5 Å². The van der Waals surface area contributed by atoms with Gasteiger partial charge in [-0.1, -0.05) is 0 Å². The van der Waals surface area contributed by atoms with Crippen molar-refractivity contribution in [2.75, 3.05) is 19.0 Å². The van der Waals surface area contributed by atoms with Crippen molar-refractivity contribution in [3.63, 3.8) is 0 Å². The van der Waals surface area contributed by atoms with Crippen molar-refractivity contribution in [1.29, 1.82) is 0 Å².